The molecule has 3 rings (SSSR count). The van der Waals surface area contributed by atoms with Crippen LogP contribution in [0.1, 0.15) is 5.69 Å². The Morgan fingerprint density at radius 1 is 1.19 bits per heavy atom. The zero-order valence-electron chi connectivity index (χ0n) is 11.8. The lowest BCUT2D eigenvalue weighted by atomic mass is 10.2. The van der Waals surface area contributed by atoms with Crippen molar-refractivity contribution in [2.45, 2.75) is 6.92 Å². The van der Waals surface area contributed by atoms with Crippen LogP contribution in [-0.2, 0) is 0 Å². The first-order valence-corrected chi connectivity index (χ1v) is 6.58. The molecule has 0 saturated heterocycles. The predicted molar refractivity (Wildman–Crippen MR) is 83.4 cm³/mol. The van der Waals surface area contributed by atoms with Gasteiger partial charge in [-0.3, -0.25) is 4.79 Å². The Kier molecular flexibility index (Phi) is 3.31. The summed E-state index contributed by atoms with van der Waals surface area (Å²) in [6, 6.07) is 12.9. The van der Waals surface area contributed by atoms with Crippen LogP contribution in [0.5, 0.6) is 5.75 Å². The summed E-state index contributed by atoms with van der Waals surface area (Å²) in [5, 5.41) is 3.67. The van der Waals surface area contributed by atoms with E-state index in [9.17, 15) is 4.79 Å². The normalized spacial score (nSPS) is 10.6. The molecule has 2 aromatic heterocycles. The minimum absolute atomic E-state index is 0.104. The van der Waals surface area contributed by atoms with E-state index in [2.05, 4.69) is 15.3 Å². The van der Waals surface area contributed by atoms with E-state index in [0.29, 0.717) is 22.6 Å². The van der Waals surface area contributed by atoms with E-state index >= 15 is 0 Å². The van der Waals surface area contributed by atoms with Gasteiger partial charge in [-0.2, -0.15) is 0 Å². The number of fused-ring (bicyclic) bond motifs is 1. The van der Waals surface area contributed by atoms with Gasteiger partial charge in [0.1, 0.15) is 17.2 Å². The van der Waals surface area contributed by atoms with Crippen LogP contribution in [0.3, 0.4) is 0 Å². The lowest BCUT2D eigenvalue weighted by molar-refractivity contribution is 0.410. The fourth-order valence-electron chi connectivity index (χ4n) is 2.19. The van der Waals surface area contributed by atoms with Gasteiger partial charge in [-0.1, -0.05) is 18.2 Å². The Morgan fingerprint density at radius 2 is 1.95 bits per heavy atom. The number of anilines is 2. The standard InChI is InChI=1S/C16H15N3O2/c1-10-14(21-2)8-12-13(20)9-15(19-16(12)17-10)18-11-6-4-3-5-7-11/h3-9H,1-2H3,(H2,17,18,19,20). The molecule has 0 atom stereocenters. The third-order valence-corrected chi connectivity index (χ3v) is 3.23. The number of rotatable bonds is 3. The smallest absolute Gasteiger partial charge is 0.193 e. The maximum Gasteiger partial charge on any atom is 0.193 e. The molecule has 0 radical (unpaired) electrons. The molecular formula is C16H15N3O2. The van der Waals surface area contributed by atoms with Crippen molar-refractivity contribution < 1.29 is 4.74 Å². The summed E-state index contributed by atoms with van der Waals surface area (Å²) >= 11 is 0. The maximum atomic E-state index is 12.2. The largest absolute Gasteiger partial charge is 0.495 e. The minimum atomic E-state index is -0.104. The molecule has 0 aliphatic rings. The van der Waals surface area contributed by atoms with Crippen molar-refractivity contribution in [3.05, 3.63) is 58.4 Å². The maximum absolute atomic E-state index is 12.2. The predicted octanol–water partition coefficient (Wildman–Crippen LogP) is 2.98. The third-order valence-electron chi connectivity index (χ3n) is 3.23. The Morgan fingerprint density at radius 3 is 2.67 bits per heavy atom. The molecule has 21 heavy (non-hydrogen) atoms. The number of H-pyrrole nitrogens is 1. The minimum Gasteiger partial charge on any atom is -0.495 e. The first-order valence-electron chi connectivity index (χ1n) is 6.58. The molecule has 2 heterocycles. The molecule has 5 heteroatoms. The van der Waals surface area contributed by atoms with E-state index in [-0.39, 0.29) is 5.43 Å². The molecule has 0 aliphatic carbocycles. The highest BCUT2D eigenvalue weighted by atomic mass is 16.5. The molecule has 0 spiro atoms. The van der Waals surface area contributed by atoms with E-state index in [0.717, 1.165) is 11.4 Å². The highest BCUT2D eigenvalue weighted by Gasteiger charge is 2.08. The van der Waals surface area contributed by atoms with Gasteiger partial charge in [0.05, 0.1) is 18.2 Å². The summed E-state index contributed by atoms with van der Waals surface area (Å²) in [6.45, 7) is 1.84. The molecule has 106 valence electrons. The summed E-state index contributed by atoms with van der Waals surface area (Å²) in [5.74, 6) is 1.22. The van der Waals surface area contributed by atoms with Crippen LogP contribution in [0.25, 0.3) is 11.0 Å². The average molecular weight is 281 g/mol. The second-order valence-corrected chi connectivity index (χ2v) is 4.71. The van der Waals surface area contributed by atoms with Gasteiger partial charge in [0, 0.05) is 11.8 Å². The van der Waals surface area contributed by atoms with Crippen LogP contribution in [0, 0.1) is 6.92 Å². The van der Waals surface area contributed by atoms with Crippen molar-refractivity contribution >= 4 is 22.5 Å². The zero-order valence-corrected chi connectivity index (χ0v) is 11.8. The van der Waals surface area contributed by atoms with Crippen molar-refractivity contribution in [2.75, 3.05) is 12.4 Å². The van der Waals surface area contributed by atoms with Crippen LogP contribution in [-0.4, -0.2) is 17.1 Å². The third kappa shape index (κ3) is 2.58. The molecule has 0 bridgehead atoms. The Balaban J connectivity index is 2.09. The van der Waals surface area contributed by atoms with Gasteiger partial charge in [-0.25, -0.2) is 4.98 Å². The number of methoxy groups -OCH3 is 1. The lowest BCUT2D eigenvalue weighted by Gasteiger charge is -2.09. The molecule has 0 aliphatic heterocycles. The summed E-state index contributed by atoms with van der Waals surface area (Å²) in [4.78, 5) is 19.7. The number of hydrogen-bond donors (Lipinski definition) is 2. The van der Waals surface area contributed by atoms with Gasteiger partial charge in [0.15, 0.2) is 5.43 Å². The molecule has 0 unspecified atom stereocenters. The highest BCUT2D eigenvalue weighted by Crippen LogP contribution is 2.21. The van der Waals surface area contributed by atoms with Crippen LogP contribution in [0.4, 0.5) is 11.5 Å². The topological polar surface area (TPSA) is 67.0 Å². The number of aromatic nitrogens is 2. The average Bonchev–Trinajstić information content (AvgIpc) is 2.47. The van der Waals surface area contributed by atoms with Gasteiger partial charge in [-0.15, -0.1) is 0 Å². The first-order chi connectivity index (χ1) is 10.2. The lowest BCUT2D eigenvalue weighted by Crippen LogP contribution is -2.07. The van der Waals surface area contributed by atoms with E-state index in [1.165, 1.54) is 6.07 Å². The quantitative estimate of drug-likeness (QED) is 0.774. The van der Waals surface area contributed by atoms with E-state index in [1.807, 2.05) is 37.3 Å². The van der Waals surface area contributed by atoms with Crippen LogP contribution < -0.4 is 15.5 Å². The second kappa shape index (κ2) is 5.28. The number of aromatic amines is 1. The second-order valence-electron chi connectivity index (χ2n) is 4.71. The molecule has 3 aromatic rings. The fraction of sp³-hybridized carbons (Fsp3) is 0.125. The van der Waals surface area contributed by atoms with Crippen LogP contribution >= 0.6 is 0 Å². The van der Waals surface area contributed by atoms with Gasteiger partial charge < -0.3 is 15.0 Å². The van der Waals surface area contributed by atoms with Crippen molar-refractivity contribution in [1.82, 2.24) is 9.97 Å². The van der Waals surface area contributed by atoms with Gasteiger partial charge in [0.2, 0.25) is 0 Å². The van der Waals surface area contributed by atoms with E-state index < -0.39 is 0 Å². The van der Waals surface area contributed by atoms with Gasteiger partial charge in [0.25, 0.3) is 0 Å². The van der Waals surface area contributed by atoms with Crippen molar-refractivity contribution in [1.29, 1.82) is 0 Å². The fourth-order valence-corrected chi connectivity index (χ4v) is 2.19. The molecule has 0 saturated carbocycles. The number of pyridine rings is 2. The molecular weight excluding hydrogens is 266 g/mol. The Bertz CT molecular complexity index is 841. The zero-order chi connectivity index (χ0) is 14.8. The number of ether oxygens (including phenoxy) is 1. The summed E-state index contributed by atoms with van der Waals surface area (Å²) < 4.78 is 5.20. The number of nitrogens with zero attached hydrogens (tertiary/aromatic N) is 1. The van der Waals surface area contributed by atoms with E-state index in [1.54, 1.807) is 13.2 Å². The van der Waals surface area contributed by atoms with Crippen molar-refractivity contribution in [2.24, 2.45) is 0 Å². The summed E-state index contributed by atoms with van der Waals surface area (Å²) in [5.41, 5.74) is 2.07. The number of benzene rings is 1. The Hall–Kier alpha value is -2.82. The van der Waals surface area contributed by atoms with Gasteiger partial charge in [-0.05, 0) is 25.1 Å². The van der Waals surface area contributed by atoms with Gasteiger partial charge >= 0.3 is 0 Å². The van der Waals surface area contributed by atoms with E-state index in [4.69, 9.17) is 4.74 Å². The monoisotopic (exact) mass is 281 g/mol. The SMILES string of the molecule is COc1cc2c(=O)cc(Nc3ccccc3)[nH]c2nc1C. The molecule has 0 amide bonds. The molecule has 2 N–H and O–H groups in total. The summed E-state index contributed by atoms with van der Waals surface area (Å²) in [7, 11) is 1.56. The molecule has 1 aromatic carbocycles. The summed E-state index contributed by atoms with van der Waals surface area (Å²) in [6.07, 6.45) is 0. The van der Waals surface area contributed by atoms with Crippen LogP contribution in [0.15, 0.2) is 47.3 Å². The Labute approximate surface area is 121 Å². The first kappa shape index (κ1) is 13.2. The molecule has 5 nitrogen and oxygen atoms in total. The number of hydrogen-bond acceptors (Lipinski definition) is 4. The van der Waals surface area contributed by atoms with Crippen molar-refractivity contribution in [3.8, 4) is 5.75 Å². The van der Waals surface area contributed by atoms with Crippen LogP contribution in [0.2, 0.25) is 0 Å². The number of para-hydroxylation sites is 1. The molecule has 0 fully saturated rings. The number of nitrogens with one attached hydrogen (secondary N) is 2. The number of aryl methyl sites for hydroxylation is 1. The van der Waals surface area contributed by atoms with Crippen molar-refractivity contribution in [3.63, 3.8) is 0 Å². The highest BCUT2D eigenvalue weighted by molar-refractivity contribution is 5.79.